The van der Waals surface area contributed by atoms with Crippen LogP contribution in [0.2, 0.25) is 5.15 Å². The van der Waals surface area contributed by atoms with Crippen LogP contribution in [-0.4, -0.2) is 18.1 Å². The Morgan fingerprint density at radius 2 is 2.24 bits per heavy atom. The Kier molecular flexibility index (Phi) is 4.66. The van der Waals surface area contributed by atoms with E-state index in [0.29, 0.717) is 5.15 Å². The summed E-state index contributed by atoms with van der Waals surface area (Å²) in [4.78, 5) is 6.78. The highest BCUT2D eigenvalue weighted by Crippen LogP contribution is 2.25. The lowest BCUT2D eigenvalue weighted by atomic mass is 9.96. The molecule has 2 nitrogen and oxygen atoms in total. The minimum atomic E-state index is 0.594. The normalized spacial score (nSPS) is 21.3. The van der Waals surface area contributed by atoms with Gasteiger partial charge in [-0.25, -0.2) is 4.98 Å². The maximum atomic E-state index is 5.95. The van der Waals surface area contributed by atoms with Gasteiger partial charge in [-0.05, 0) is 37.3 Å². The van der Waals surface area contributed by atoms with Crippen LogP contribution in [0.5, 0.6) is 0 Å². The third kappa shape index (κ3) is 3.60. The van der Waals surface area contributed by atoms with Crippen molar-refractivity contribution in [3.8, 4) is 0 Å². The predicted molar refractivity (Wildman–Crippen MR) is 73.7 cm³/mol. The quantitative estimate of drug-likeness (QED) is 0.752. The largest absolute Gasteiger partial charge is 0.357 e. The van der Waals surface area contributed by atoms with E-state index in [2.05, 4.69) is 22.9 Å². The van der Waals surface area contributed by atoms with Gasteiger partial charge in [-0.1, -0.05) is 37.4 Å². The van der Waals surface area contributed by atoms with Crippen molar-refractivity contribution in [2.45, 2.75) is 39.0 Å². The molecule has 94 valence electrons. The highest BCUT2D eigenvalue weighted by molar-refractivity contribution is 6.29. The first kappa shape index (κ1) is 12.7. The number of halogens is 1. The van der Waals surface area contributed by atoms with E-state index in [1.54, 1.807) is 0 Å². The molecule has 1 aromatic rings. The van der Waals surface area contributed by atoms with Gasteiger partial charge in [0.1, 0.15) is 11.0 Å². The van der Waals surface area contributed by atoms with E-state index in [4.69, 9.17) is 11.6 Å². The SMILES string of the molecule is CCCC1CCCN(c2cccc(Cl)n2)CC1. The molecule has 1 aliphatic rings. The number of pyridine rings is 1. The lowest BCUT2D eigenvalue weighted by Crippen LogP contribution is -2.25. The van der Waals surface area contributed by atoms with Crippen LogP contribution in [0.25, 0.3) is 0 Å². The van der Waals surface area contributed by atoms with Gasteiger partial charge in [-0.2, -0.15) is 0 Å². The summed E-state index contributed by atoms with van der Waals surface area (Å²) in [5.74, 6) is 1.94. The second kappa shape index (κ2) is 6.25. The fourth-order valence-corrected chi connectivity index (χ4v) is 2.82. The van der Waals surface area contributed by atoms with E-state index in [0.717, 1.165) is 24.8 Å². The van der Waals surface area contributed by atoms with Crippen molar-refractivity contribution in [2.75, 3.05) is 18.0 Å². The Labute approximate surface area is 109 Å². The molecule has 1 aliphatic heterocycles. The van der Waals surface area contributed by atoms with E-state index in [1.807, 2.05) is 12.1 Å². The molecule has 0 amide bonds. The van der Waals surface area contributed by atoms with Gasteiger partial charge in [0.15, 0.2) is 0 Å². The minimum Gasteiger partial charge on any atom is -0.357 e. The lowest BCUT2D eigenvalue weighted by molar-refractivity contribution is 0.435. The van der Waals surface area contributed by atoms with Crippen molar-refractivity contribution < 1.29 is 0 Å². The standard InChI is InChI=1S/C14H21ClN2/c1-2-5-12-6-4-10-17(11-9-12)14-8-3-7-13(15)16-14/h3,7-8,12H,2,4-6,9-11H2,1H3. The molecule has 0 N–H and O–H groups in total. The number of aromatic nitrogens is 1. The van der Waals surface area contributed by atoms with Crippen LogP contribution < -0.4 is 4.90 Å². The van der Waals surface area contributed by atoms with Gasteiger partial charge in [0.2, 0.25) is 0 Å². The van der Waals surface area contributed by atoms with E-state index in [-0.39, 0.29) is 0 Å². The molecule has 0 aromatic carbocycles. The van der Waals surface area contributed by atoms with Crippen LogP contribution in [0.4, 0.5) is 5.82 Å². The second-order valence-corrected chi connectivity index (χ2v) is 5.28. The highest BCUT2D eigenvalue weighted by atomic mass is 35.5. The zero-order valence-electron chi connectivity index (χ0n) is 10.5. The number of hydrogen-bond donors (Lipinski definition) is 0. The molecule has 2 rings (SSSR count). The Balaban J connectivity index is 1.99. The van der Waals surface area contributed by atoms with E-state index in [9.17, 15) is 0 Å². The fraction of sp³-hybridized carbons (Fsp3) is 0.643. The fourth-order valence-electron chi connectivity index (χ4n) is 2.67. The Morgan fingerprint density at radius 3 is 3.00 bits per heavy atom. The molecular formula is C14H21ClN2. The van der Waals surface area contributed by atoms with Gasteiger partial charge in [-0.15, -0.1) is 0 Å². The molecule has 1 unspecified atom stereocenters. The second-order valence-electron chi connectivity index (χ2n) is 4.89. The van der Waals surface area contributed by atoms with Crippen molar-refractivity contribution in [3.05, 3.63) is 23.4 Å². The molecule has 0 spiro atoms. The van der Waals surface area contributed by atoms with Gasteiger partial charge in [-0.3, -0.25) is 0 Å². The molecular weight excluding hydrogens is 232 g/mol. The maximum Gasteiger partial charge on any atom is 0.131 e. The molecule has 0 saturated carbocycles. The smallest absolute Gasteiger partial charge is 0.131 e. The van der Waals surface area contributed by atoms with Gasteiger partial charge < -0.3 is 4.90 Å². The molecule has 0 radical (unpaired) electrons. The van der Waals surface area contributed by atoms with Crippen LogP contribution in [0, 0.1) is 5.92 Å². The summed E-state index contributed by atoms with van der Waals surface area (Å²) in [6.45, 7) is 4.52. The van der Waals surface area contributed by atoms with E-state index < -0.39 is 0 Å². The first-order chi connectivity index (χ1) is 8.29. The topological polar surface area (TPSA) is 16.1 Å². The molecule has 0 aliphatic carbocycles. The van der Waals surface area contributed by atoms with E-state index >= 15 is 0 Å². The van der Waals surface area contributed by atoms with E-state index in [1.165, 1.54) is 32.1 Å². The van der Waals surface area contributed by atoms with Crippen LogP contribution in [0.15, 0.2) is 18.2 Å². The van der Waals surface area contributed by atoms with Crippen molar-refractivity contribution in [1.29, 1.82) is 0 Å². The third-order valence-electron chi connectivity index (χ3n) is 3.57. The van der Waals surface area contributed by atoms with Crippen LogP contribution in [0.1, 0.15) is 39.0 Å². The molecule has 1 saturated heterocycles. The van der Waals surface area contributed by atoms with Gasteiger partial charge in [0, 0.05) is 13.1 Å². The van der Waals surface area contributed by atoms with Crippen molar-refractivity contribution in [2.24, 2.45) is 5.92 Å². The molecule has 2 heterocycles. The summed E-state index contributed by atoms with van der Waals surface area (Å²) in [5, 5.41) is 0.594. The number of hydrogen-bond acceptors (Lipinski definition) is 2. The zero-order valence-corrected chi connectivity index (χ0v) is 11.3. The minimum absolute atomic E-state index is 0.594. The van der Waals surface area contributed by atoms with Crippen molar-refractivity contribution >= 4 is 17.4 Å². The van der Waals surface area contributed by atoms with Crippen molar-refractivity contribution in [3.63, 3.8) is 0 Å². The number of anilines is 1. The number of nitrogens with zero attached hydrogens (tertiary/aromatic N) is 2. The first-order valence-electron chi connectivity index (χ1n) is 6.67. The predicted octanol–water partition coefficient (Wildman–Crippen LogP) is 4.14. The van der Waals surface area contributed by atoms with Crippen LogP contribution in [-0.2, 0) is 0 Å². The highest BCUT2D eigenvalue weighted by Gasteiger charge is 2.17. The summed E-state index contributed by atoms with van der Waals surface area (Å²) in [6, 6.07) is 5.88. The summed E-state index contributed by atoms with van der Waals surface area (Å²) >= 11 is 5.95. The Hall–Kier alpha value is -0.760. The molecule has 3 heteroatoms. The summed E-state index contributed by atoms with van der Waals surface area (Å²) < 4.78 is 0. The molecule has 0 bridgehead atoms. The average Bonchev–Trinajstić information content (AvgIpc) is 2.55. The summed E-state index contributed by atoms with van der Waals surface area (Å²) in [7, 11) is 0. The van der Waals surface area contributed by atoms with Gasteiger partial charge in [0.25, 0.3) is 0 Å². The monoisotopic (exact) mass is 252 g/mol. The molecule has 1 aromatic heterocycles. The van der Waals surface area contributed by atoms with Gasteiger partial charge in [0.05, 0.1) is 0 Å². The molecule has 17 heavy (non-hydrogen) atoms. The van der Waals surface area contributed by atoms with Crippen LogP contribution >= 0.6 is 11.6 Å². The number of rotatable bonds is 3. The average molecular weight is 253 g/mol. The zero-order chi connectivity index (χ0) is 12.1. The maximum absolute atomic E-state index is 5.95. The van der Waals surface area contributed by atoms with Crippen molar-refractivity contribution in [1.82, 2.24) is 4.98 Å². The Bertz CT molecular complexity index is 354. The summed E-state index contributed by atoms with van der Waals surface area (Å²) in [6.07, 6.45) is 6.61. The first-order valence-corrected chi connectivity index (χ1v) is 7.05. The lowest BCUT2D eigenvalue weighted by Gasteiger charge is -2.21. The van der Waals surface area contributed by atoms with Crippen LogP contribution in [0.3, 0.4) is 0 Å². The molecule has 1 atom stereocenters. The summed E-state index contributed by atoms with van der Waals surface area (Å²) in [5.41, 5.74) is 0. The third-order valence-corrected chi connectivity index (χ3v) is 3.78. The molecule has 1 fully saturated rings. The van der Waals surface area contributed by atoms with Gasteiger partial charge >= 0.3 is 0 Å². The Morgan fingerprint density at radius 1 is 1.35 bits per heavy atom.